The third-order valence-corrected chi connectivity index (χ3v) is 22.3. The smallest absolute Gasteiger partial charge is 0.338 e. The Bertz CT molecular complexity index is 3300. The summed E-state index contributed by atoms with van der Waals surface area (Å²) < 4.78 is 87.3. The lowest BCUT2D eigenvalue weighted by atomic mass is 9.84. The number of hydrogen-bond donors (Lipinski definition) is 0. The van der Waals surface area contributed by atoms with Gasteiger partial charge in [0, 0.05) is 57.1 Å². The molecule has 0 radical (unpaired) electrons. The number of rotatable bonds is 27. The van der Waals surface area contributed by atoms with Gasteiger partial charge in [0.1, 0.15) is 43.2 Å². The van der Waals surface area contributed by atoms with Crippen LogP contribution in [0.25, 0.3) is 10.4 Å². The van der Waals surface area contributed by atoms with Gasteiger partial charge in [-0.1, -0.05) is 169 Å². The van der Waals surface area contributed by atoms with E-state index in [-0.39, 0.29) is 49.3 Å². The van der Waals surface area contributed by atoms with E-state index >= 15 is 4.79 Å². The van der Waals surface area contributed by atoms with Crippen molar-refractivity contribution in [2.24, 2.45) is 22.9 Å². The Labute approximate surface area is 550 Å². The van der Waals surface area contributed by atoms with Crippen molar-refractivity contribution in [3.63, 3.8) is 0 Å². The summed E-state index contributed by atoms with van der Waals surface area (Å²) >= 11 is 0. The van der Waals surface area contributed by atoms with Gasteiger partial charge in [-0.3, -0.25) is 14.4 Å². The molecular weight excluding hydrogens is 1230 g/mol. The SMILES string of the molecule is CC[C@@H](OC(C)=O)[C@@H](OC(C)=O)C1O[C@](C)(O[C@@H]2C(OC(=O)c3ccccc3)[C@H](O[C@@H]3C(CO[Si](c4ccccc4)(c4ccccc4)C(C)(C)C)O[C@@H](OCCCN=[N+]=[N-])C(C)[C@H]3C)OC(COC(=O)c3ccccc3)[C@@H]2OC(=O)c2ccccc2)C[C@@H](OC(C)=O)[C@H]1C. The molecule has 3 fully saturated rings. The second-order valence-electron chi connectivity index (χ2n) is 25.1. The number of benzene rings is 5. The lowest BCUT2D eigenvalue weighted by Crippen LogP contribution is -2.68. The fourth-order valence-corrected chi connectivity index (χ4v) is 17.2. The minimum Gasteiger partial charge on any atom is -0.462 e. The van der Waals surface area contributed by atoms with Gasteiger partial charge in [-0.2, -0.15) is 0 Å². The number of ether oxygens (including phenoxy) is 12. The van der Waals surface area contributed by atoms with Crippen molar-refractivity contribution >= 4 is 54.5 Å². The van der Waals surface area contributed by atoms with Gasteiger partial charge in [-0.15, -0.1) is 0 Å². The molecule has 3 aliphatic rings. The molecule has 23 heteroatoms. The van der Waals surface area contributed by atoms with E-state index in [1.165, 1.54) is 39.8 Å². The van der Waals surface area contributed by atoms with Crippen LogP contribution in [0.15, 0.2) is 157 Å². The first-order valence-electron chi connectivity index (χ1n) is 31.9. The summed E-state index contributed by atoms with van der Waals surface area (Å²) in [6.07, 6.45) is -15.8. The van der Waals surface area contributed by atoms with E-state index in [4.69, 9.17) is 66.8 Å². The highest BCUT2D eigenvalue weighted by molar-refractivity contribution is 6.99. The Balaban J connectivity index is 1.32. The summed E-state index contributed by atoms with van der Waals surface area (Å²) in [6, 6.07) is 44.5. The van der Waals surface area contributed by atoms with Crippen LogP contribution in [0, 0.1) is 17.8 Å². The number of esters is 6. The van der Waals surface area contributed by atoms with E-state index in [1.54, 1.807) is 92.7 Å². The zero-order valence-corrected chi connectivity index (χ0v) is 56.1. The van der Waals surface area contributed by atoms with E-state index in [2.05, 4.69) is 55.1 Å². The molecule has 0 amide bonds. The summed E-state index contributed by atoms with van der Waals surface area (Å²) in [6.45, 7) is 18.6. The summed E-state index contributed by atoms with van der Waals surface area (Å²) in [5, 5.41) is 5.18. The van der Waals surface area contributed by atoms with Gasteiger partial charge in [0.05, 0.1) is 29.4 Å². The van der Waals surface area contributed by atoms with Crippen LogP contribution in [0.5, 0.6) is 0 Å². The summed E-state index contributed by atoms with van der Waals surface area (Å²) in [7, 11) is -3.35. The van der Waals surface area contributed by atoms with E-state index in [0.29, 0.717) is 6.42 Å². The van der Waals surface area contributed by atoms with Crippen molar-refractivity contribution in [1.29, 1.82) is 0 Å². The Morgan fingerprint density at radius 2 is 1.12 bits per heavy atom. The largest absolute Gasteiger partial charge is 0.462 e. The number of carbonyl (C=O) groups excluding carboxylic acids is 6. The molecule has 8 rings (SSSR count). The van der Waals surface area contributed by atoms with Crippen LogP contribution in [0.2, 0.25) is 5.04 Å². The van der Waals surface area contributed by atoms with Crippen LogP contribution in [-0.2, 0) is 75.7 Å². The maximum atomic E-state index is 15.1. The molecule has 3 aliphatic heterocycles. The van der Waals surface area contributed by atoms with Crippen molar-refractivity contribution in [3.05, 3.63) is 179 Å². The molecule has 5 aromatic carbocycles. The highest BCUT2D eigenvalue weighted by atomic mass is 28.4. The van der Waals surface area contributed by atoms with Crippen molar-refractivity contribution in [2.45, 2.75) is 180 Å². The Morgan fingerprint density at radius 3 is 1.62 bits per heavy atom. The Kier molecular flexibility index (Phi) is 25.3. The molecule has 3 saturated heterocycles. The average Bonchev–Trinajstić information content (AvgIpc) is 0.755. The zero-order chi connectivity index (χ0) is 67.7. The first kappa shape index (κ1) is 72.0. The molecule has 0 N–H and O–H groups in total. The predicted molar refractivity (Wildman–Crippen MR) is 346 cm³/mol. The van der Waals surface area contributed by atoms with Crippen molar-refractivity contribution in [2.75, 3.05) is 26.4 Å². The van der Waals surface area contributed by atoms with Gasteiger partial charge in [0.25, 0.3) is 8.32 Å². The first-order chi connectivity index (χ1) is 45.0. The van der Waals surface area contributed by atoms with Gasteiger partial charge in [0.2, 0.25) is 0 Å². The third-order valence-electron chi connectivity index (χ3n) is 17.3. The molecule has 16 atom stereocenters. The number of hydrogen-bond acceptors (Lipinski definition) is 20. The van der Waals surface area contributed by atoms with Crippen molar-refractivity contribution in [1.82, 2.24) is 0 Å². The van der Waals surface area contributed by atoms with Gasteiger partial charge < -0.3 is 61.3 Å². The molecule has 504 valence electrons. The zero-order valence-electron chi connectivity index (χ0n) is 55.1. The highest BCUT2D eigenvalue weighted by Gasteiger charge is 2.60. The molecule has 3 heterocycles. The Hall–Kier alpha value is -7.83. The van der Waals surface area contributed by atoms with Crippen LogP contribution in [0.4, 0.5) is 0 Å². The van der Waals surface area contributed by atoms with Gasteiger partial charge >= 0.3 is 35.8 Å². The number of carbonyl (C=O) groups is 6. The monoisotopic (exact) mass is 1310 g/mol. The lowest BCUT2D eigenvalue weighted by molar-refractivity contribution is -0.385. The minimum absolute atomic E-state index is 0.0945. The molecule has 94 heavy (non-hydrogen) atoms. The number of nitrogens with zero attached hydrogens (tertiary/aromatic N) is 3. The van der Waals surface area contributed by atoms with Crippen LogP contribution >= 0.6 is 0 Å². The molecule has 5 aromatic rings. The van der Waals surface area contributed by atoms with Crippen LogP contribution < -0.4 is 10.4 Å². The molecule has 5 unspecified atom stereocenters. The summed E-state index contributed by atoms with van der Waals surface area (Å²) in [5.74, 6) is -8.36. The minimum atomic E-state index is -3.35. The maximum absolute atomic E-state index is 15.1. The van der Waals surface area contributed by atoms with E-state index in [1.807, 2.05) is 50.2 Å². The van der Waals surface area contributed by atoms with Gasteiger partial charge in [0.15, 0.2) is 36.7 Å². The van der Waals surface area contributed by atoms with Gasteiger partial charge in [-0.05, 0) is 83.0 Å². The van der Waals surface area contributed by atoms with Crippen molar-refractivity contribution in [3.8, 4) is 0 Å². The highest BCUT2D eigenvalue weighted by Crippen LogP contribution is 2.45. The summed E-state index contributed by atoms with van der Waals surface area (Å²) in [4.78, 5) is 85.9. The fraction of sp³-hybridized carbons (Fsp3) is 0.493. The first-order valence-corrected chi connectivity index (χ1v) is 33.8. The van der Waals surface area contributed by atoms with Crippen molar-refractivity contribution < 1.29 is 90.0 Å². The molecule has 0 bridgehead atoms. The standard InChI is InChI=1S/C71H87N3O19Si/c1-12-55(84-47(5)75)61(86-49(7)77)60-46(4)56(85-48(6)76)41-71(11,92-60)93-63-62(89-66(79)51-31-20-14-21-32-51)57(42-82-65(78)50-29-18-13-19-30-50)88-69(64(63)90-67(80)52-33-22-15-23-34-52)91-59-44(2)45(3)68(81-40-28-39-73-74-72)87-58(59)43-83-94(70(8,9)10,53-35-24-16-25-36-53)54-37-26-17-27-38-54/h13-27,29-38,44-46,55-64,68-69H,12,28,39-43H2,1-11H3/t44-,45?,46-,55-,56-,57?,58?,59+,60?,61-,62+,63+,64?,68-,69+,71-/m1/s1. The molecular formula is C71H87N3O19Si. The molecule has 0 aliphatic carbocycles. The average molecular weight is 1310 g/mol. The van der Waals surface area contributed by atoms with E-state index in [0.717, 1.165) is 10.4 Å². The van der Waals surface area contributed by atoms with Crippen LogP contribution in [-0.4, -0.2) is 150 Å². The molecule has 0 spiro atoms. The topological polar surface area (TPSA) is 271 Å². The Morgan fingerprint density at radius 1 is 0.617 bits per heavy atom. The third kappa shape index (κ3) is 17.9. The fourth-order valence-electron chi connectivity index (χ4n) is 12.6. The van der Waals surface area contributed by atoms with Crippen LogP contribution in [0.1, 0.15) is 126 Å². The molecule has 22 nitrogen and oxygen atoms in total. The van der Waals surface area contributed by atoms with Crippen LogP contribution in [0.3, 0.4) is 0 Å². The second-order valence-corrected chi connectivity index (χ2v) is 29.4. The normalized spacial score (nSPS) is 26.8. The van der Waals surface area contributed by atoms with E-state index < -0.39 is 153 Å². The lowest BCUT2D eigenvalue weighted by Gasteiger charge is -2.53. The molecule has 0 aromatic heterocycles. The maximum Gasteiger partial charge on any atom is 0.338 e. The van der Waals surface area contributed by atoms with E-state index in [9.17, 15) is 24.0 Å². The quantitative estimate of drug-likeness (QED) is 0.00899. The number of azide groups is 1. The molecule has 0 saturated carbocycles. The summed E-state index contributed by atoms with van der Waals surface area (Å²) in [5.41, 5.74) is 9.46. The van der Waals surface area contributed by atoms with Gasteiger partial charge in [-0.25, -0.2) is 14.4 Å². The second kappa shape index (κ2) is 33.0. The predicted octanol–water partition coefficient (Wildman–Crippen LogP) is 10.4.